The number of carbonyl (C=O) groups is 1. The lowest BCUT2D eigenvalue weighted by Gasteiger charge is -2.04. The molecule has 0 spiro atoms. The van der Waals surface area contributed by atoms with Gasteiger partial charge in [-0.15, -0.1) is 0 Å². The molecule has 0 aliphatic carbocycles. The Kier molecular flexibility index (Phi) is 4.39. The number of aromatic hydroxyl groups is 1. The number of rotatable bonds is 4. The number of hydrogen-bond donors (Lipinski definition) is 2. The third-order valence-electron chi connectivity index (χ3n) is 3.71. The van der Waals surface area contributed by atoms with Crippen LogP contribution in [0.25, 0.3) is 11.0 Å². The Morgan fingerprint density at radius 2 is 2.09 bits per heavy atom. The summed E-state index contributed by atoms with van der Waals surface area (Å²) in [4.78, 5) is 12.3. The number of fused-ring (bicyclic) bond motifs is 1. The standard InChI is InChI=1S/C18H16BrNO3/c1-11-15-10-13(19)5-6-16(15)23-17(11)18(22)20-8-7-12-3-2-4-14(21)9-12/h2-6,9-10,21H,7-8H2,1H3,(H,20,22). The largest absolute Gasteiger partial charge is 0.508 e. The molecule has 0 bridgehead atoms. The van der Waals surface area contributed by atoms with Crippen LogP contribution < -0.4 is 5.32 Å². The van der Waals surface area contributed by atoms with Crippen LogP contribution in [-0.4, -0.2) is 17.6 Å². The molecule has 0 fully saturated rings. The van der Waals surface area contributed by atoms with E-state index in [1.165, 1.54) is 0 Å². The number of halogens is 1. The van der Waals surface area contributed by atoms with Gasteiger partial charge >= 0.3 is 0 Å². The van der Waals surface area contributed by atoms with Crippen molar-refractivity contribution >= 4 is 32.8 Å². The van der Waals surface area contributed by atoms with Crippen LogP contribution in [0, 0.1) is 6.92 Å². The van der Waals surface area contributed by atoms with Crippen molar-refractivity contribution in [1.82, 2.24) is 5.32 Å². The van der Waals surface area contributed by atoms with Crippen molar-refractivity contribution in [2.45, 2.75) is 13.3 Å². The van der Waals surface area contributed by atoms with E-state index in [1.807, 2.05) is 31.2 Å². The predicted molar refractivity (Wildman–Crippen MR) is 92.8 cm³/mol. The lowest BCUT2D eigenvalue weighted by atomic mass is 10.1. The van der Waals surface area contributed by atoms with Gasteiger partial charge in [0.2, 0.25) is 0 Å². The molecule has 0 saturated carbocycles. The van der Waals surface area contributed by atoms with Crippen LogP contribution in [0.3, 0.4) is 0 Å². The maximum atomic E-state index is 12.3. The Hall–Kier alpha value is -2.27. The van der Waals surface area contributed by atoms with Gasteiger partial charge in [-0.25, -0.2) is 0 Å². The number of phenolic OH excluding ortho intramolecular Hbond substituents is 1. The molecule has 5 heteroatoms. The first-order chi connectivity index (χ1) is 11.0. The SMILES string of the molecule is Cc1c(C(=O)NCCc2cccc(O)c2)oc2ccc(Br)cc12. The smallest absolute Gasteiger partial charge is 0.287 e. The average Bonchev–Trinajstić information content (AvgIpc) is 2.84. The number of hydrogen-bond acceptors (Lipinski definition) is 3. The fraction of sp³-hybridized carbons (Fsp3) is 0.167. The number of furan rings is 1. The summed E-state index contributed by atoms with van der Waals surface area (Å²) in [7, 11) is 0. The first-order valence-electron chi connectivity index (χ1n) is 7.29. The monoisotopic (exact) mass is 373 g/mol. The normalized spacial score (nSPS) is 10.9. The molecular formula is C18H16BrNO3. The van der Waals surface area contributed by atoms with Crippen molar-refractivity contribution in [2.75, 3.05) is 6.54 Å². The van der Waals surface area contributed by atoms with E-state index in [9.17, 15) is 9.90 Å². The highest BCUT2D eigenvalue weighted by Crippen LogP contribution is 2.28. The van der Waals surface area contributed by atoms with Crippen molar-refractivity contribution in [1.29, 1.82) is 0 Å². The minimum atomic E-state index is -0.227. The molecule has 118 valence electrons. The third kappa shape index (κ3) is 3.40. The fourth-order valence-corrected chi connectivity index (χ4v) is 2.88. The summed E-state index contributed by atoms with van der Waals surface area (Å²) in [6.07, 6.45) is 0.644. The Balaban J connectivity index is 1.70. The number of phenols is 1. The van der Waals surface area contributed by atoms with Gasteiger partial charge in [0, 0.05) is 22.0 Å². The zero-order valence-electron chi connectivity index (χ0n) is 12.6. The first-order valence-corrected chi connectivity index (χ1v) is 8.08. The third-order valence-corrected chi connectivity index (χ3v) is 4.21. The molecule has 2 N–H and O–H groups in total. The molecule has 0 radical (unpaired) electrons. The van der Waals surface area contributed by atoms with Crippen LogP contribution in [0.2, 0.25) is 0 Å². The molecule has 4 nitrogen and oxygen atoms in total. The van der Waals surface area contributed by atoms with E-state index in [0.29, 0.717) is 24.3 Å². The highest BCUT2D eigenvalue weighted by molar-refractivity contribution is 9.10. The second-order valence-electron chi connectivity index (χ2n) is 5.37. The molecule has 1 amide bonds. The zero-order valence-corrected chi connectivity index (χ0v) is 14.2. The van der Waals surface area contributed by atoms with Crippen molar-refractivity contribution in [2.24, 2.45) is 0 Å². The van der Waals surface area contributed by atoms with E-state index < -0.39 is 0 Å². The maximum Gasteiger partial charge on any atom is 0.287 e. The van der Waals surface area contributed by atoms with Gasteiger partial charge < -0.3 is 14.8 Å². The Bertz CT molecular complexity index is 870. The molecular weight excluding hydrogens is 358 g/mol. The van der Waals surface area contributed by atoms with Gasteiger partial charge in [-0.3, -0.25) is 4.79 Å². The van der Waals surface area contributed by atoms with E-state index in [0.717, 1.165) is 21.0 Å². The molecule has 3 aromatic rings. The van der Waals surface area contributed by atoms with Crippen LogP contribution in [0.4, 0.5) is 0 Å². The maximum absolute atomic E-state index is 12.3. The van der Waals surface area contributed by atoms with Gasteiger partial charge in [0.05, 0.1) is 0 Å². The molecule has 0 atom stereocenters. The van der Waals surface area contributed by atoms with E-state index in [2.05, 4.69) is 21.2 Å². The van der Waals surface area contributed by atoms with Crippen molar-refractivity contribution in [3.8, 4) is 5.75 Å². The van der Waals surface area contributed by atoms with Crippen LogP contribution in [0.5, 0.6) is 5.75 Å². The minimum absolute atomic E-state index is 0.227. The summed E-state index contributed by atoms with van der Waals surface area (Å²) in [6.45, 7) is 2.35. The van der Waals surface area contributed by atoms with Crippen molar-refractivity contribution < 1.29 is 14.3 Å². The topological polar surface area (TPSA) is 62.5 Å². The van der Waals surface area contributed by atoms with Crippen LogP contribution in [0.15, 0.2) is 51.4 Å². The summed E-state index contributed by atoms with van der Waals surface area (Å²) >= 11 is 3.42. The fourth-order valence-electron chi connectivity index (χ4n) is 2.52. The molecule has 23 heavy (non-hydrogen) atoms. The van der Waals surface area contributed by atoms with E-state index in [-0.39, 0.29) is 11.7 Å². The van der Waals surface area contributed by atoms with E-state index >= 15 is 0 Å². The summed E-state index contributed by atoms with van der Waals surface area (Å²) in [5.41, 5.74) is 2.50. The summed E-state index contributed by atoms with van der Waals surface area (Å²) in [6, 6.07) is 12.7. The predicted octanol–water partition coefficient (Wildman–Crippen LogP) is 4.18. The molecule has 0 unspecified atom stereocenters. The van der Waals surface area contributed by atoms with Gasteiger partial charge in [0.1, 0.15) is 11.3 Å². The molecule has 1 aromatic heterocycles. The van der Waals surface area contributed by atoms with Gasteiger partial charge in [-0.2, -0.15) is 0 Å². The molecule has 1 heterocycles. The summed E-state index contributed by atoms with van der Waals surface area (Å²) in [5, 5.41) is 13.2. The Morgan fingerprint density at radius 3 is 2.87 bits per heavy atom. The van der Waals surface area contributed by atoms with Gasteiger partial charge in [0.25, 0.3) is 5.91 Å². The van der Waals surface area contributed by atoms with Crippen LogP contribution >= 0.6 is 15.9 Å². The van der Waals surface area contributed by atoms with E-state index in [4.69, 9.17) is 4.42 Å². The number of amides is 1. The second kappa shape index (κ2) is 6.46. The lowest BCUT2D eigenvalue weighted by Crippen LogP contribution is -2.25. The molecule has 0 aliphatic heterocycles. The van der Waals surface area contributed by atoms with Crippen molar-refractivity contribution in [3.63, 3.8) is 0 Å². The first kappa shape index (κ1) is 15.6. The molecule has 0 aliphatic rings. The van der Waals surface area contributed by atoms with Gasteiger partial charge in [-0.05, 0) is 49.2 Å². The number of benzene rings is 2. The molecule has 3 rings (SSSR count). The highest BCUT2D eigenvalue weighted by Gasteiger charge is 2.17. The number of aryl methyl sites for hydroxylation is 1. The zero-order chi connectivity index (χ0) is 16.4. The van der Waals surface area contributed by atoms with Crippen LogP contribution in [-0.2, 0) is 6.42 Å². The number of nitrogens with one attached hydrogen (secondary N) is 1. The summed E-state index contributed by atoms with van der Waals surface area (Å²) < 4.78 is 6.61. The second-order valence-corrected chi connectivity index (χ2v) is 6.29. The van der Waals surface area contributed by atoms with Gasteiger partial charge in [-0.1, -0.05) is 28.1 Å². The summed E-state index contributed by atoms with van der Waals surface area (Å²) in [5.74, 6) is 0.344. The van der Waals surface area contributed by atoms with Crippen molar-refractivity contribution in [3.05, 3.63) is 63.8 Å². The Labute approximate surface area is 142 Å². The molecule has 2 aromatic carbocycles. The van der Waals surface area contributed by atoms with Gasteiger partial charge in [0.15, 0.2) is 5.76 Å². The molecule has 0 saturated heterocycles. The average molecular weight is 374 g/mol. The quantitative estimate of drug-likeness (QED) is 0.720. The minimum Gasteiger partial charge on any atom is -0.508 e. The Morgan fingerprint density at radius 1 is 1.26 bits per heavy atom. The van der Waals surface area contributed by atoms with E-state index in [1.54, 1.807) is 18.2 Å². The number of carbonyl (C=O) groups excluding carboxylic acids is 1. The van der Waals surface area contributed by atoms with Crippen LogP contribution in [0.1, 0.15) is 21.7 Å². The lowest BCUT2D eigenvalue weighted by molar-refractivity contribution is 0.0928. The highest BCUT2D eigenvalue weighted by atomic mass is 79.9.